The highest BCUT2D eigenvalue weighted by molar-refractivity contribution is 5.89. The third-order valence-electron chi connectivity index (χ3n) is 2.16. The highest BCUT2D eigenvalue weighted by atomic mass is 19.1. The molecule has 0 aliphatic rings. The molecule has 0 atom stereocenters. The van der Waals surface area contributed by atoms with Crippen LogP contribution in [0.1, 0.15) is 31.1 Å². The van der Waals surface area contributed by atoms with E-state index in [9.17, 15) is 18.4 Å². The molecule has 1 amide bonds. The highest BCUT2D eigenvalue weighted by Gasteiger charge is 2.22. The second-order valence-electron chi connectivity index (χ2n) is 4.91. The summed E-state index contributed by atoms with van der Waals surface area (Å²) < 4.78 is 37.1. The van der Waals surface area contributed by atoms with Crippen LogP contribution in [-0.4, -0.2) is 25.1 Å². The van der Waals surface area contributed by atoms with Crippen LogP contribution in [0.3, 0.4) is 0 Å². The van der Waals surface area contributed by atoms with Crippen molar-refractivity contribution in [3.8, 4) is 5.75 Å². The molecule has 1 rings (SSSR count). The van der Waals surface area contributed by atoms with E-state index in [1.165, 1.54) is 0 Å². The molecule has 0 saturated heterocycles. The first-order valence-corrected chi connectivity index (χ1v) is 5.70. The van der Waals surface area contributed by atoms with Crippen LogP contribution in [0.25, 0.3) is 0 Å². The number of carbonyl (C=O) groups excluding carboxylic acids is 2. The Hall–Kier alpha value is -2.18. The van der Waals surface area contributed by atoms with Gasteiger partial charge in [-0.1, -0.05) is 0 Å². The molecule has 0 aliphatic heterocycles. The van der Waals surface area contributed by atoms with E-state index < -0.39 is 40.3 Å². The van der Waals surface area contributed by atoms with E-state index in [0.717, 1.165) is 7.11 Å². The van der Waals surface area contributed by atoms with Crippen LogP contribution in [0, 0.1) is 11.6 Å². The van der Waals surface area contributed by atoms with Crippen molar-refractivity contribution < 1.29 is 27.8 Å². The predicted octanol–water partition coefficient (Wildman–Crippen LogP) is 3.13. The predicted molar refractivity (Wildman–Crippen MR) is 68.2 cm³/mol. The molecule has 0 fully saturated rings. The first-order chi connectivity index (χ1) is 9.19. The summed E-state index contributed by atoms with van der Waals surface area (Å²) in [6.45, 7) is 4.86. The largest absolute Gasteiger partial charge is 0.493 e. The number of aldehydes is 1. The van der Waals surface area contributed by atoms with Gasteiger partial charge in [0.15, 0.2) is 23.7 Å². The molecule has 1 N–H and O–H groups in total. The van der Waals surface area contributed by atoms with Crippen molar-refractivity contribution in [2.75, 3.05) is 12.4 Å². The summed E-state index contributed by atoms with van der Waals surface area (Å²) in [5.74, 6) is -2.58. The molecule has 0 aromatic heterocycles. The molecule has 0 bridgehead atoms. The molecule has 20 heavy (non-hydrogen) atoms. The number of rotatable bonds is 3. The quantitative estimate of drug-likeness (QED) is 0.867. The fraction of sp³-hybridized carbons (Fsp3) is 0.385. The van der Waals surface area contributed by atoms with Gasteiger partial charge in [0, 0.05) is 6.07 Å². The van der Waals surface area contributed by atoms with Crippen LogP contribution >= 0.6 is 0 Å². The Labute approximate surface area is 114 Å². The number of hydrogen-bond acceptors (Lipinski definition) is 4. The lowest BCUT2D eigenvalue weighted by Crippen LogP contribution is -2.27. The lowest BCUT2D eigenvalue weighted by Gasteiger charge is -2.20. The summed E-state index contributed by atoms with van der Waals surface area (Å²) in [6.07, 6.45) is -0.852. The van der Waals surface area contributed by atoms with Gasteiger partial charge in [0.05, 0.1) is 18.4 Å². The average molecular weight is 287 g/mol. The van der Waals surface area contributed by atoms with Crippen molar-refractivity contribution in [1.82, 2.24) is 0 Å². The summed E-state index contributed by atoms with van der Waals surface area (Å²) in [7, 11) is 1.10. The zero-order valence-electron chi connectivity index (χ0n) is 11.5. The standard InChI is InChI=1S/C13H15F2NO4/c1-13(2,3)20-12(18)16-9-5-8(14)11(19-4)7(6-17)10(9)15/h5-6H,1-4H3,(H,16,18). The fourth-order valence-electron chi connectivity index (χ4n) is 1.45. The van der Waals surface area contributed by atoms with Gasteiger partial charge in [0.25, 0.3) is 0 Å². The highest BCUT2D eigenvalue weighted by Crippen LogP contribution is 2.29. The molecule has 1 aromatic rings. The fourth-order valence-corrected chi connectivity index (χ4v) is 1.45. The molecule has 7 heteroatoms. The Kier molecular flexibility index (Phi) is 4.65. The number of halogens is 2. The van der Waals surface area contributed by atoms with Crippen molar-refractivity contribution in [2.24, 2.45) is 0 Å². The Morgan fingerprint density at radius 2 is 1.95 bits per heavy atom. The lowest BCUT2D eigenvalue weighted by atomic mass is 10.1. The molecular formula is C13H15F2NO4. The molecule has 0 saturated carbocycles. The van der Waals surface area contributed by atoms with Crippen LogP contribution in [-0.2, 0) is 4.74 Å². The van der Waals surface area contributed by atoms with E-state index in [1.807, 2.05) is 5.32 Å². The Balaban J connectivity index is 3.12. The van der Waals surface area contributed by atoms with Gasteiger partial charge in [-0.25, -0.2) is 13.6 Å². The van der Waals surface area contributed by atoms with Gasteiger partial charge in [-0.05, 0) is 20.8 Å². The van der Waals surface area contributed by atoms with Crippen LogP contribution < -0.4 is 10.1 Å². The summed E-state index contributed by atoms with van der Waals surface area (Å²) in [5, 5.41) is 2.04. The van der Waals surface area contributed by atoms with Crippen LogP contribution in [0.15, 0.2) is 6.07 Å². The van der Waals surface area contributed by atoms with E-state index in [-0.39, 0.29) is 6.29 Å². The third-order valence-corrected chi connectivity index (χ3v) is 2.16. The monoisotopic (exact) mass is 287 g/mol. The van der Waals surface area contributed by atoms with Gasteiger partial charge >= 0.3 is 6.09 Å². The lowest BCUT2D eigenvalue weighted by molar-refractivity contribution is 0.0635. The van der Waals surface area contributed by atoms with Crippen LogP contribution in [0.4, 0.5) is 19.3 Å². The number of ether oxygens (including phenoxy) is 2. The average Bonchev–Trinajstić information content (AvgIpc) is 2.30. The van der Waals surface area contributed by atoms with Gasteiger partial charge in [0.1, 0.15) is 5.60 Å². The minimum Gasteiger partial charge on any atom is -0.493 e. The summed E-state index contributed by atoms with van der Waals surface area (Å²) in [4.78, 5) is 22.3. The second-order valence-corrected chi connectivity index (χ2v) is 4.91. The molecule has 0 unspecified atom stereocenters. The van der Waals surface area contributed by atoms with Gasteiger partial charge in [-0.15, -0.1) is 0 Å². The van der Waals surface area contributed by atoms with Gasteiger partial charge in [-0.2, -0.15) is 0 Å². The minimum absolute atomic E-state index is 0.109. The Morgan fingerprint density at radius 3 is 2.40 bits per heavy atom. The molecule has 0 spiro atoms. The summed E-state index contributed by atoms with van der Waals surface area (Å²) in [6, 6.07) is 0.713. The normalized spacial score (nSPS) is 10.9. The number of hydrogen-bond donors (Lipinski definition) is 1. The number of carbonyl (C=O) groups is 2. The van der Waals surface area contributed by atoms with Crippen molar-refractivity contribution >= 4 is 18.1 Å². The molecule has 0 radical (unpaired) electrons. The van der Waals surface area contributed by atoms with Crippen molar-refractivity contribution in [2.45, 2.75) is 26.4 Å². The second kappa shape index (κ2) is 5.85. The van der Waals surface area contributed by atoms with E-state index in [0.29, 0.717) is 6.07 Å². The smallest absolute Gasteiger partial charge is 0.412 e. The van der Waals surface area contributed by atoms with Crippen LogP contribution in [0.5, 0.6) is 5.75 Å². The molecule has 110 valence electrons. The zero-order valence-corrected chi connectivity index (χ0v) is 11.5. The molecule has 0 heterocycles. The molecular weight excluding hydrogens is 272 g/mol. The van der Waals surface area contributed by atoms with Crippen molar-refractivity contribution in [3.05, 3.63) is 23.3 Å². The number of methoxy groups -OCH3 is 1. The first kappa shape index (κ1) is 15.9. The van der Waals surface area contributed by atoms with E-state index in [4.69, 9.17) is 4.74 Å². The number of anilines is 1. The van der Waals surface area contributed by atoms with E-state index in [2.05, 4.69) is 4.74 Å². The number of amides is 1. The van der Waals surface area contributed by atoms with Gasteiger partial charge in [0.2, 0.25) is 0 Å². The van der Waals surface area contributed by atoms with Gasteiger partial charge < -0.3 is 9.47 Å². The van der Waals surface area contributed by atoms with E-state index in [1.54, 1.807) is 20.8 Å². The number of benzene rings is 1. The minimum atomic E-state index is -1.09. The SMILES string of the molecule is COc1c(F)cc(NC(=O)OC(C)(C)C)c(F)c1C=O. The third kappa shape index (κ3) is 3.66. The summed E-state index contributed by atoms with van der Waals surface area (Å²) in [5.41, 5.74) is -1.91. The van der Waals surface area contributed by atoms with E-state index >= 15 is 0 Å². The Morgan fingerprint density at radius 1 is 1.35 bits per heavy atom. The number of nitrogens with one attached hydrogen (secondary N) is 1. The van der Waals surface area contributed by atoms with Crippen molar-refractivity contribution in [1.29, 1.82) is 0 Å². The topological polar surface area (TPSA) is 64.6 Å². The molecule has 5 nitrogen and oxygen atoms in total. The van der Waals surface area contributed by atoms with Gasteiger partial charge in [-0.3, -0.25) is 10.1 Å². The maximum absolute atomic E-state index is 13.9. The van der Waals surface area contributed by atoms with Crippen LogP contribution in [0.2, 0.25) is 0 Å². The van der Waals surface area contributed by atoms with Crippen molar-refractivity contribution in [3.63, 3.8) is 0 Å². The first-order valence-electron chi connectivity index (χ1n) is 5.70. The maximum atomic E-state index is 13.9. The maximum Gasteiger partial charge on any atom is 0.412 e. The molecule has 0 aliphatic carbocycles. The Bertz CT molecular complexity index is 538. The summed E-state index contributed by atoms with van der Waals surface area (Å²) >= 11 is 0. The zero-order chi connectivity index (χ0) is 15.5. The molecule has 1 aromatic carbocycles.